The standard InChI is InChI=1S/C20H20FN7O2.ClH/c21-13-2-1-3-14-17(13)27(20(29)26-8-6-22-7-9-26)10-15-16(23-11-28(14)15)18-24-19(30-25-18)12-4-5-12;/h1-3,11-12,22H,4-10H2;1H. The molecule has 2 aliphatic heterocycles. The quantitative estimate of drug-likeness (QED) is 0.652. The van der Waals surface area contributed by atoms with Crippen LogP contribution < -0.4 is 10.2 Å². The molecule has 1 aliphatic carbocycles. The van der Waals surface area contributed by atoms with Crippen LogP contribution in [0.15, 0.2) is 29.0 Å². The fraction of sp³-hybridized carbons (Fsp3) is 0.400. The van der Waals surface area contributed by atoms with E-state index in [1.165, 1.54) is 11.0 Å². The average Bonchev–Trinajstić information content (AvgIpc) is 3.35. The SMILES string of the molecule is Cl.O=C(N1CCNCC1)N1Cc2c(-c3noc(C4CC4)n3)ncn2-c2cccc(F)c21. The lowest BCUT2D eigenvalue weighted by atomic mass is 10.1. The first-order chi connectivity index (χ1) is 14.7. The lowest BCUT2D eigenvalue weighted by Gasteiger charge is -2.36. The predicted octanol–water partition coefficient (Wildman–Crippen LogP) is 2.71. The number of nitrogens with one attached hydrogen (secondary N) is 1. The molecule has 2 fully saturated rings. The normalized spacial score (nSPS) is 17.7. The molecular weight excluding hydrogens is 425 g/mol. The molecule has 6 rings (SSSR count). The van der Waals surface area contributed by atoms with Gasteiger partial charge in [-0.1, -0.05) is 11.2 Å². The fourth-order valence-corrected chi connectivity index (χ4v) is 4.13. The van der Waals surface area contributed by atoms with E-state index >= 15 is 0 Å². The highest BCUT2D eigenvalue weighted by molar-refractivity contribution is 5.95. The molecule has 162 valence electrons. The minimum absolute atomic E-state index is 0. The summed E-state index contributed by atoms with van der Waals surface area (Å²) in [6.07, 6.45) is 3.74. The van der Waals surface area contributed by atoms with Crippen LogP contribution in [0.4, 0.5) is 14.9 Å². The molecule has 9 nitrogen and oxygen atoms in total. The molecule has 2 aromatic heterocycles. The Morgan fingerprint density at radius 2 is 2.03 bits per heavy atom. The maximum absolute atomic E-state index is 14.9. The van der Waals surface area contributed by atoms with E-state index in [1.54, 1.807) is 23.4 Å². The van der Waals surface area contributed by atoms with Crippen LogP contribution in [-0.2, 0) is 6.54 Å². The summed E-state index contributed by atoms with van der Waals surface area (Å²) in [5.41, 5.74) is 2.13. The van der Waals surface area contributed by atoms with E-state index in [9.17, 15) is 9.18 Å². The van der Waals surface area contributed by atoms with Gasteiger partial charge < -0.3 is 14.7 Å². The van der Waals surface area contributed by atoms with E-state index in [-0.39, 0.29) is 30.7 Å². The first-order valence-corrected chi connectivity index (χ1v) is 10.2. The van der Waals surface area contributed by atoms with Crippen molar-refractivity contribution in [3.05, 3.63) is 41.9 Å². The Hall–Kier alpha value is -2.98. The number of carbonyl (C=O) groups is 1. The Kier molecular flexibility index (Phi) is 4.90. The number of fused-ring (bicyclic) bond motifs is 3. The van der Waals surface area contributed by atoms with Crippen LogP contribution in [0.3, 0.4) is 0 Å². The second-order valence-electron chi connectivity index (χ2n) is 7.85. The average molecular weight is 446 g/mol. The summed E-state index contributed by atoms with van der Waals surface area (Å²) in [6.45, 7) is 2.79. The zero-order valence-electron chi connectivity index (χ0n) is 16.6. The number of amides is 2. The second-order valence-corrected chi connectivity index (χ2v) is 7.85. The summed E-state index contributed by atoms with van der Waals surface area (Å²) >= 11 is 0. The Labute approximate surface area is 183 Å². The number of aromatic nitrogens is 4. The van der Waals surface area contributed by atoms with Crippen molar-refractivity contribution in [1.29, 1.82) is 0 Å². The van der Waals surface area contributed by atoms with Crippen molar-refractivity contribution >= 4 is 24.1 Å². The van der Waals surface area contributed by atoms with Gasteiger partial charge in [0.05, 0.1) is 17.9 Å². The molecule has 2 amide bonds. The molecule has 4 heterocycles. The third-order valence-corrected chi connectivity index (χ3v) is 5.87. The summed E-state index contributed by atoms with van der Waals surface area (Å²) in [4.78, 5) is 25.6. The van der Waals surface area contributed by atoms with Crippen molar-refractivity contribution in [2.24, 2.45) is 0 Å². The van der Waals surface area contributed by atoms with Gasteiger partial charge in [-0.3, -0.25) is 9.47 Å². The Bertz CT molecular complexity index is 1140. The molecule has 1 saturated heterocycles. The monoisotopic (exact) mass is 445 g/mol. The number of imidazole rings is 1. The molecule has 31 heavy (non-hydrogen) atoms. The van der Waals surface area contributed by atoms with E-state index < -0.39 is 5.82 Å². The number of hydrogen-bond acceptors (Lipinski definition) is 6. The largest absolute Gasteiger partial charge is 0.339 e. The molecule has 3 aromatic rings. The van der Waals surface area contributed by atoms with Gasteiger partial charge in [-0.05, 0) is 25.0 Å². The third-order valence-electron chi connectivity index (χ3n) is 5.87. The van der Waals surface area contributed by atoms with E-state index in [0.717, 1.165) is 31.6 Å². The van der Waals surface area contributed by atoms with Crippen LogP contribution in [-0.4, -0.2) is 56.8 Å². The molecule has 1 N–H and O–H groups in total. The van der Waals surface area contributed by atoms with Crippen LogP contribution in [0.2, 0.25) is 0 Å². The van der Waals surface area contributed by atoms with Crippen LogP contribution in [0, 0.1) is 5.82 Å². The lowest BCUT2D eigenvalue weighted by Crippen LogP contribution is -2.52. The minimum Gasteiger partial charge on any atom is -0.339 e. The molecule has 0 radical (unpaired) electrons. The number of para-hydroxylation sites is 1. The Morgan fingerprint density at radius 1 is 1.23 bits per heavy atom. The Balaban J connectivity index is 0.00000204. The maximum Gasteiger partial charge on any atom is 0.325 e. The molecule has 11 heteroatoms. The van der Waals surface area contributed by atoms with Crippen molar-refractivity contribution in [3.63, 3.8) is 0 Å². The zero-order valence-corrected chi connectivity index (χ0v) is 17.4. The van der Waals surface area contributed by atoms with Gasteiger partial charge >= 0.3 is 6.03 Å². The predicted molar refractivity (Wildman–Crippen MR) is 112 cm³/mol. The van der Waals surface area contributed by atoms with Crippen molar-refractivity contribution in [2.45, 2.75) is 25.3 Å². The van der Waals surface area contributed by atoms with Crippen molar-refractivity contribution in [3.8, 4) is 17.2 Å². The number of halogens is 2. The lowest BCUT2D eigenvalue weighted by molar-refractivity contribution is 0.196. The third kappa shape index (κ3) is 3.26. The van der Waals surface area contributed by atoms with E-state index in [1.807, 2.05) is 4.57 Å². The first-order valence-electron chi connectivity index (χ1n) is 10.2. The molecule has 0 bridgehead atoms. The number of nitrogens with zero attached hydrogens (tertiary/aromatic N) is 6. The summed E-state index contributed by atoms with van der Waals surface area (Å²) in [7, 11) is 0. The number of hydrogen-bond donors (Lipinski definition) is 1. The van der Waals surface area contributed by atoms with Crippen molar-refractivity contribution in [1.82, 2.24) is 29.9 Å². The zero-order chi connectivity index (χ0) is 20.2. The van der Waals surface area contributed by atoms with Crippen LogP contribution in [0.5, 0.6) is 0 Å². The van der Waals surface area contributed by atoms with Gasteiger partial charge in [0.15, 0.2) is 0 Å². The van der Waals surface area contributed by atoms with E-state index in [2.05, 4.69) is 20.4 Å². The highest BCUT2D eigenvalue weighted by Crippen LogP contribution is 2.41. The number of rotatable bonds is 2. The topological polar surface area (TPSA) is 92.3 Å². The first kappa shape index (κ1) is 20.0. The van der Waals surface area contributed by atoms with Gasteiger partial charge in [0.25, 0.3) is 0 Å². The van der Waals surface area contributed by atoms with Gasteiger partial charge in [0.1, 0.15) is 23.5 Å². The second kappa shape index (κ2) is 7.61. The highest BCUT2D eigenvalue weighted by atomic mass is 35.5. The summed E-state index contributed by atoms with van der Waals surface area (Å²) in [5.74, 6) is 0.931. The van der Waals surface area contributed by atoms with Crippen LogP contribution in [0.1, 0.15) is 30.3 Å². The summed E-state index contributed by atoms with van der Waals surface area (Å²) < 4.78 is 22.1. The van der Waals surface area contributed by atoms with Gasteiger partial charge in [-0.2, -0.15) is 4.98 Å². The number of urea groups is 1. The minimum atomic E-state index is -0.438. The molecule has 1 aromatic carbocycles. The van der Waals surface area contributed by atoms with E-state index in [0.29, 0.717) is 42.1 Å². The Morgan fingerprint density at radius 3 is 2.81 bits per heavy atom. The summed E-state index contributed by atoms with van der Waals surface area (Å²) in [5, 5.41) is 7.34. The van der Waals surface area contributed by atoms with Gasteiger partial charge in [0.2, 0.25) is 11.7 Å². The van der Waals surface area contributed by atoms with Crippen LogP contribution >= 0.6 is 12.4 Å². The molecular formula is C20H21ClFN7O2. The van der Waals surface area contributed by atoms with Crippen molar-refractivity contribution < 1.29 is 13.7 Å². The molecule has 1 saturated carbocycles. The van der Waals surface area contributed by atoms with E-state index in [4.69, 9.17) is 4.52 Å². The van der Waals surface area contributed by atoms with Crippen LogP contribution in [0.25, 0.3) is 17.2 Å². The van der Waals surface area contributed by atoms with Gasteiger partial charge in [-0.25, -0.2) is 14.2 Å². The number of anilines is 1. The summed E-state index contributed by atoms with van der Waals surface area (Å²) in [6, 6.07) is 4.58. The highest BCUT2D eigenvalue weighted by Gasteiger charge is 2.36. The van der Waals surface area contributed by atoms with Crippen molar-refractivity contribution in [2.75, 3.05) is 31.1 Å². The number of piperazine rings is 1. The molecule has 0 spiro atoms. The smallest absolute Gasteiger partial charge is 0.325 e. The maximum atomic E-state index is 14.9. The molecule has 0 atom stereocenters. The van der Waals surface area contributed by atoms with Gasteiger partial charge in [0, 0.05) is 32.1 Å². The molecule has 0 unspecified atom stereocenters. The number of carbonyl (C=O) groups excluding carboxylic acids is 1. The molecule has 3 aliphatic rings. The fourth-order valence-electron chi connectivity index (χ4n) is 4.13. The number of benzene rings is 1. The van der Waals surface area contributed by atoms with Gasteiger partial charge in [-0.15, -0.1) is 12.4 Å².